The van der Waals surface area contributed by atoms with Gasteiger partial charge in [-0.2, -0.15) is 0 Å². The Balaban J connectivity index is 1.44. The summed E-state index contributed by atoms with van der Waals surface area (Å²) in [5, 5.41) is 3.61. The summed E-state index contributed by atoms with van der Waals surface area (Å²) in [6.07, 6.45) is 5.56. The van der Waals surface area contributed by atoms with Crippen molar-refractivity contribution in [2.75, 3.05) is 13.6 Å². The lowest BCUT2D eigenvalue weighted by Crippen LogP contribution is -2.38. The number of benzene rings is 1. The molecule has 2 aliphatic rings. The van der Waals surface area contributed by atoms with Crippen molar-refractivity contribution in [2.24, 2.45) is 0 Å². The largest absolute Gasteiger partial charge is 0.311 e. The molecule has 2 aliphatic carbocycles. The summed E-state index contributed by atoms with van der Waals surface area (Å²) in [6.45, 7) is 4.41. The lowest BCUT2D eigenvalue weighted by atomic mass is 10.1. The van der Waals surface area contributed by atoms with Crippen LogP contribution >= 0.6 is 0 Å². The van der Waals surface area contributed by atoms with Gasteiger partial charge in [-0.3, -0.25) is 4.90 Å². The van der Waals surface area contributed by atoms with Crippen LogP contribution in [0, 0.1) is 0 Å². The zero-order chi connectivity index (χ0) is 13.2. The van der Waals surface area contributed by atoms with Crippen molar-refractivity contribution in [3.05, 3.63) is 35.4 Å². The second-order valence-electron chi connectivity index (χ2n) is 6.40. The third-order valence-electron chi connectivity index (χ3n) is 4.59. The summed E-state index contributed by atoms with van der Waals surface area (Å²) < 4.78 is 0. The molecule has 0 amide bonds. The van der Waals surface area contributed by atoms with E-state index < -0.39 is 0 Å². The fourth-order valence-electron chi connectivity index (χ4n) is 2.78. The van der Waals surface area contributed by atoms with Crippen molar-refractivity contribution in [2.45, 2.75) is 57.2 Å². The van der Waals surface area contributed by atoms with Crippen LogP contribution in [-0.2, 0) is 6.54 Å². The van der Waals surface area contributed by atoms with Crippen molar-refractivity contribution in [1.82, 2.24) is 10.2 Å². The van der Waals surface area contributed by atoms with Gasteiger partial charge in [-0.15, -0.1) is 0 Å². The van der Waals surface area contributed by atoms with Gasteiger partial charge in [0.15, 0.2) is 0 Å². The average Bonchev–Trinajstić information content (AvgIpc) is 3.31. The first-order chi connectivity index (χ1) is 9.24. The van der Waals surface area contributed by atoms with Gasteiger partial charge in [-0.25, -0.2) is 0 Å². The molecule has 1 unspecified atom stereocenters. The van der Waals surface area contributed by atoms with Crippen molar-refractivity contribution < 1.29 is 0 Å². The van der Waals surface area contributed by atoms with Crippen LogP contribution in [-0.4, -0.2) is 30.6 Å². The van der Waals surface area contributed by atoms with Crippen LogP contribution in [0.5, 0.6) is 0 Å². The van der Waals surface area contributed by atoms with Crippen LogP contribution in [0.4, 0.5) is 0 Å². The lowest BCUT2D eigenvalue weighted by Gasteiger charge is -2.24. The van der Waals surface area contributed by atoms with Crippen LogP contribution in [0.1, 0.15) is 49.7 Å². The predicted octanol–water partition coefficient (Wildman–Crippen LogP) is 3.14. The van der Waals surface area contributed by atoms with Crippen LogP contribution in [0.15, 0.2) is 24.3 Å². The van der Waals surface area contributed by atoms with Gasteiger partial charge in [0.1, 0.15) is 0 Å². The quantitative estimate of drug-likeness (QED) is 0.808. The van der Waals surface area contributed by atoms with E-state index in [2.05, 4.69) is 48.5 Å². The van der Waals surface area contributed by atoms with E-state index in [1.54, 1.807) is 5.56 Å². The number of hydrogen-bond acceptors (Lipinski definition) is 2. The first-order valence-electron chi connectivity index (χ1n) is 7.75. The van der Waals surface area contributed by atoms with E-state index in [4.69, 9.17) is 0 Å². The first kappa shape index (κ1) is 13.1. The Bertz CT molecular complexity index is 421. The second kappa shape index (κ2) is 5.64. The van der Waals surface area contributed by atoms with E-state index in [1.165, 1.54) is 31.2 Å². The van der Waals surface area contributed by atoms with Crippen LogP contribution in [0.2, 0.25) is 0 Å². The van der Waals surface area contributed by atoms with Crippen LogP contribution < -0.4 is 5.32 Å². The molecule has 1 N–H and O–H groups in total. The molecule has 0 aliphatic heterocycles. The van der Waals surface area contributed by atoms with Crippen molar-refractivity contribution in [3.63, 3.8) is 0 Å². The summed E-state index contributed by atoms with van der Waals surface area (Å²) in [5.74, 6) is 0.861. The molecule has 0 bridgehead atoms. The number of nitrogens with one attached hydrogen (secondary N) is 1. The molecule has 1 aromatic rings. The molecule has 0 radical (unpaired) electrons. The van der Waals surface area contributed by atoms with Crippen LogP contribution in [0.3, 0.4) is 0 Å². The van der Waals surface area contributed by atoms with Crippen molar-refractivity contribution in [1.29, 1.82) is 0 Å². The Kier molecular flexibility index (Phi) is 3.90. The van der Waals surface area contributed by atoms with Crippen molar-refractivity contribution in [3.8, 4) is 0 Å². The van der Waals surface area contributed by atoms with Gasteiger partial charge in [-0.05, 0) is 56.7 Å². The second-order valence-corrected chi connectivity index (χ2v) is 6.40. The van der Waals surface area contributed by atoms with Gasteiger partial charge in [0.25, 0.3) is 0 Å². The van der Waals surface area contributed by atoms with Gasteiger partial charge in [0.2, 0.25) is 0 Å². The van der Waals surface area contributed by atoms with E-state index >= 15 is 0 Å². The number of hydrogen-bond donors (Lipinski definition) is 1. The number of rotatable bonds is 7. The fourth-order valence-corrected chi connectivity index (χ4v) is 2.78. The Morgan fingerprint density at radius 3 is 2.74 bits per heavy atom. The van der Waals surface area contributed by atoms with E-state index in [-0.39, 0.29) is 0 Å². The third kappa shape index (κ3) is 3.58. The van der Waals surface area contributed by atoms with Gasteiger partial charge in [0.05, 0.1) is 0 Å². The first-order valence-corrected chi connectivity index (χ1v) is 7.75. The molecule has 2 heteroatoms. The zero-order valence-electron chi connectivity index (χ0n) is 12.2. The molecule has 2 nitrogen and oxygen atoms in total. The third-order valence-corrected chi connectivity index (χ3v) is 4.59. The minimum absolute atomic E-state index is 0.638. The molecule has 0 aromatic heterocycles. The molecular formula is C17H26N2. The standard InChI is InChI=1S/C17H26N2/c1-13(19(2)17-8-9-17)11-18-12-14-4-3-5-16(10-14)15-6-7-15/h3-5,10,13,15,17-18H,6-9,11-12H2,1-2H3. The summed E-state index contributed by atoms with van der Waals surface area (Å²) in [4.78, 5) is 2.52. The highest BCUT2D eigenvalue weighted by molar-refractivity contribution is 5.29. The molecule has 1 aromatic carbocycles. The molecule has 0 saturated heterocycles. The lowest BCUT2D eigenvalue weighted by molar-refractivity contribution is 0.241. The van der Waals surface area contributed by atoms with E-state index in [0.29, 0.717) is 6.04 Å². The molecule has 19 heavy (non-hydrogen) atoms. The van der Waals surface area contributed by atoms with Crippen molar-refractivity contribution >= 4 is 0 Å². The average molecular weight is 258 g/mol. The Morgan fingerprint density at radius 1 is 1.26 bits per heavy atom. The molecule has 0 heterocycles. The molecular weight excluding hydrogens is 232 g/mol. The highest BCUT2D eigenvalue weighted by Gasteiger charge is 2.28. The van der Waals surface area contributed by atoms with Gasteiger partial charge >= 0.3 is 0 Å². The SMILES string of the molecule is CC(CNCc1cccc(C2CC2)c1)N(C)C1CC1. The maximum atomic E-state index is 3.61. The molecule has 1 atom stereocenters. The Morgan fingerprint density at radius 2 is 2.05 bits per heavy atom. The van der Waals surface area contributed by atoms with Crippen LogP contribution in [0.25, 0.3) is 0 Å². The van der Waals surface area contributed by atoms with E-state index in [1.807, 2.05) is 0 Å². The minimum Gasteiger partial charge on any atom is -0.311 e. The maximum absolute atomic E-state index is 3.61. The summed E-state index contributed by atoms with van der Waals surface area (Å²) in [5.41, 5.74) is 2.98. The minimum atomic E-state index is 0.638. The highest BCUT2D eigenvalue weighted by atomic mass is 15.2. The fraction of sp³-hybridized carbons (Fsp3) is 0.647. The van der Waals surface area contributed by atoms with Gasteiger partial charge in [-0.1, -0.05) is 24.3 Å². The number of likely N-dealkylation sites (N-methyl/N-ethyl adjacent to an activating group) is 1. The summed E-state index contributed by atoms with van der Waals surface area (Å²) >= 11 is 0. The Hall–Kier alpha value is -0.860. The predicted molar refractivity (Wildman–Crippen MR) is 80.4 cm³/mol. The smallest absolute Gasteiger partial charge is 0.0206 e. The molecule has 2 fully saturated rings. The van der Waals surface area contributed by atoms with Gasteiger partial charge in [0, 0.05) is 25.2 Å². The summed E-state index contributed by atoms with van der Waals surface area (Å²) in [6, 6.07) is 10.6. The topological polar surface area (TPSA) is 15.3 Å². The monoisotopic (exact) mass is 258 g/mol. The Labute approximate surface area is 117 Å². The molecule has 3 rings (SSSR count). The molecule has 2 saturated carbocycles. The molecule has 0 spiro atoms. The molecule has 104 valence electrons. The zero-order valence-corrected chi connectivity index (χ0v) is 12.2. The van der Waals surface area contributed by atoms with E-state index in [9.17, 15) is 0 Å². The normalized spacial score (nSPS) is 20.8. The van der Waals surface area contributed by atoms with E-state index in [0.717, 1.165) is 25.0 Å². The maximum Gasteiger partial charge on any atom is 0.0206 e. The van der Waals surface area contributed by atoms with Gasteiger partial charge < -0.3 is 5.32 Å². The highest BCUT2D eigenvalue weighted by Crippen LogP contribution is 2.40. The summed E-state index contributed by atoms with van der Waals surface area (Å²) in [7, 11) is 2.26. The number of nitrogens with zero attached hydrogens (tertiary/aromatic N) is 1.